The fourth-order valence-electron chi connectivity index (χ4n) is 4.35. The lowest BCUT2D eigenvalue weighted by molar-refractivity contribution is 0.236. The lowest BCUT2D eigenvalue weighted by Gasteiger charge is -2.29. The summed E-state index contributed by atoms with van der Waals surface area (Å²) in [5.74, 6) is 2.25. The molecular weight excluding hydrogens is 408 g/mol. The molecular formula is C22H22N8O2. The molecule has 0 fully saturated rings. The number of anilines is 1. The van der Waals surface area contributed by atoms with Gasteiger partial charge >= 0.3 is 0 Å². The van der Waals surface area contributed by atoms with Gasteiger partial charge in [0.25, 0.3) is 0 Å². The molecule has 0 radical (unpaired) electrons. The second-order valence-corrected chi connectivity index (χ2v) is 7.85. The molecule has 1 aromatic carbocycles. The van der Waals surface area contributed by atoms with Gasteiger partial charge in [-0.15, -0.1) is 5.10 Å². The lowest BCUT2D eigenvalue weighted by atomic mass is 9.99. The van der Waals surface area contributed by atoms with Gasteiger partial charge in [0, 0.05) is 25.2 Å². The summed E-state index contributed by atoms with van der Waals surface area (Å²) in [7, 11) is 1.73. The number of nitrogen functional groups attached to an aromatic ring is 1. The van der Waals surface area contributed by atoms with Crippen LogP contribution in [0.4, 0.5) is 5.95 Å². The van der Waals surface area contributed by atoms with Crippen LogP contribution in [0.1, 0.15) is 11.1 Å². The van der Waals surface area contributed by atoms with Crippen molar-refractivity contribution in [3.05, 3.63) is 53.9 Å². The molecule has 0 atom stereocenters. The normalized spacial score (nSPS) is 14.3. The first-order chi connectivity index (χ1) is 15.7. The molecule has 0 saturated carbocycles. The van der Waals surface area contributed by atoms with E-state index in [0.717, 1.165) is 37.2 Å². The topological polar surface area (TPSA) is 113 Å². The van der Waals surface area contributed by atoms with E-state index in [1.54, 1.807) is 25.6 Å². The van der Waals surface area contributed by atoms with E-state index in [0.29, 0.717) is 29.4 Å². The van der Waals surface area contributed by atoms with E-state index < -0.39 is 0 Å². The molecule has 162 valence electrons. The molecule has 1 aliphatic rings. The molecule has 0 unspecified atom stereocenters. The standard InChI is InChI=1S/C22H22N8O2/c1-31-17-5-2-4-14-7-8-28(13-16(14)17)9-10-29-20-15(12-24-29)21-25-19(18-6-3-11-32-18)27-30(21)22(23)26-20/h2-6,11-12H,7-10,13H2,1H3,(H2,23,26). The Morgan fingerprint density at radius 1 is 1.12 bits per heavy atom. The van der Waals surface area contributed by atoms with Gasteiger partial charge < -0.3 is 14.9 Å². The summed E-state index contributed by atoms with van der Waals surface area (Å²) in [5.41, 5.74) is 10.1. The maximum Gasteiger partial charge on any atom is 0.225 e. The number of furan rings is 1. The zero-order valence-electron chi connectivity index (χ0n) is 17.6. The highest BCUT2D eigenvalue weighted by Crippen LogP contribution is 2.28. The Balaban J connectivity index is 1.28. The zero-order chi connectivity index (χ0) is 21.7. The molecule has 6 rings (SSSR count). The molecule has 0 aliphatic carbocycles. The van der Waals surface area contributed by atoms with Gasteiger partial charge in [-0.3, -0.25) is 4.90 Å². The van der Waals surface area contributed by atoms with Crippen LogP contribution >= 0.6 is 0 Å². The molecule has 4 aromatic heterocycles. The van der Waals surface area contributed by atoms with Gasteiger partial charge in [0.05, 0.1) is 31.5 Å². The van der Waals surface area contributed by atoms with Crippen LogP contribution in [0.25, 0.3) is 28.3 Å². The van der Waals surface area contributed by atoms with Gasteiger partial charge in [-0.25, -0.2) is 9.67 Å². The van der Waals surface area contributed by atoms with Gasteiger partial charge in [0.15, 0.2) is 17.1 Å². The summed E-state index contributed by atoms with van der Waals surface area (Å²) in [6.45, 7) is 3.38. The number of ether oxygens (including phenoxy) is 1. The number of fused-ring (bicyclic) bond motifs is 4. The molecule has 0 spiro atoms. The Morgan fingerprint density at radius 3 is 2.91 bits per heavy atom. The molecule has 0 bridgehead atoms. The van der Waals surface area contributed by atoms with Crippen molar-refractivity contribution in [2.24, 2.45) is 0 Å². The Kier molecular flexibility index (Phi) is 4.32. The minimum atomic E-state index is 0.260. The summed E-state index contributed by atoms with van der Waals surface area (Å²) < 4.78 is 14.4. The molecule has 0 amide bonds. The Labute approximate surface area is 183 Å². The molecule has 2 N–H and O–H groups in total. The van der Waals surface area contributed by atoms with Crippen molar-refractivity contribution >= 4 is 22.6 Å². The highest BCUT2D eigenvalue weighted by Gasteiger charge is 2.21. The van der Waals surface area contributed by atoms with Crippen LogP contribution in [0.5, 0.6) is 5.75 Å². The maximum absolute atomic E-state index is 6.19. The predicted molar refractivity (Wildman–Crippen MR) is 118 cm³/mol. The third kappa shape index (κ3) is 2.99. The van der Waals surface area contributed by atoms with Crippen molar-refractivity contribution in [2.75, 3.05) is 25.9 Å². The van der Waals surface area contributed by atoms with Crippen molar-refractivity contribution in [3.8, 4) is 17.3 Å². The van der Waals surface area contributed by atoms with Gasteiger partial charge in [-0.05, 0) is 30.2 Å². The van der Waals surface area contributed by atoms with Crippen molar-refractivity contribution in [3.63, 3.8) is 0 Å². The van der Waals surface area contributed by atoms with Crippen LogP contribution in [0.15, 0.2) is 47.2 Å². The first kappa shape index (κ1) is 18.8. The molecule has 0 saturated heterocycles. The molecule has 5 heterocycles. The number of methoxy groups -OCH3 is 1. The molecule has 10 heteroatoms. The first-order valence-corrected chi connectivity index (χ1v) is 10.5. The van der Waals surface area contributed by atoms with Crippen molar-refractivity contribution in [2.45, 2.75) is 19.5 Å². The highest BCUT2D eigenvalue weighted by molar-refractivity contribution is 5.90. The average Bonchev–Trinajstić information content (AvgIpc) is 3.56. The second kappa shape index (κ2) is 7.34. The minimum Gasteiger partial charge on any atom is -0.496 e. The van der Waals surface area contributed by atoms with E-state index in [1.807, 2.05) is 16.8 Å². The van der Waals surface area contributed by atoms with Crippen molar-refractivity contribution in [1.29, 1.82) is 0 Å². The van der Waals surface area contributed by atoms with Crippen LogP contribution in [0, 0.1) is 0 Å². The van der Waals surface area contributed by atoms with E-state index in [4.69, 9.17) is 14.9 Å². The predicted octanol–water partition coefficient (Wildman–Crippen LogP) is 2.38. The quantitative estimate of drug-likeness (QED) is 0.452. The van der Waals surface area contributed by atoms with Crippen molar-refractivity contribution in [1.82, 2.24) is 34.3 Å². The number of benzene rings is 1. The number of nitrogens with zero attached hydrogens (tertiary/aromatic N) is 7. The third-order valence-corrected chi connectivity index (χ3v) is 6.00. The summed E-state index contributed by atoms with van der Waals surface area (Å²) in [4.78, 5) is 11.6. The number of aromatic nitrogens is 6. The fraction of sp³-hybridized carbons (Fsp3) is 0.273. The van der Waals surface area contributed by atoms with E-state index in [9.17, 15) is 0 Å². The number of nitrogens with two attached hydrogens (primary N) is 1. The molecule has 1 aliphatic heterocycles. The van der Waals surface area contributed by atoms with Crippen molar-refractivity contribution < 1.29 is 9.15 Å². The van der Waals surface area contributed by atoms with E-state index in [-0.39, 0.29) is 5.95 Å². The SMILES string of the molecule is COc1cccc2c1CN(CCn1ncc3c1nc(N)n1nc(-c4ccco4)nc31)CC2. The van der Waals surface area contributed by atoms with Gasteiger partial charge in [-0.2, -0.15) is 14.6 Å². The minimum absolute atomic E-state index is 0.260. The Bertz CT molecular complexity index is 1410. The number of hydrogen-bond donors (Lipinski definition) is 1. The lowest BCUT2D eigenvalue weighted by Crippen LogP contribution is -2.33. The summed E-state index contributed by atoms with van der Waals surface area (Å²) in [5, 5.41) is 9.80. The number of rotatable bonds is 5. The summed E-state index contributed by atoms with van der Waals surface area (Å²) in [6.07, 6.45) is 4.37. The smallest absolute Gasteiger partial charge is 0.225 e. The first-order valence-electron chi connectivity index (χ1n) is 10.5. The van der Waals surface area contributed by atoms with Gasteiger partial charge in [-0.1, -0.05) is 12.1 Å². The van der Waals surface area contributed by atoms with E-state index in [1.165, 1.54) is 15.6 Å². The van der Waals surface area contributed by atoms with Crippen LogP contribution < -0.4 is 10.5 Å². The second-order valence-electron chi connectivity index (χ2n) is 7.85. The monoisotopic (exact) mass is 430 g/mol. The number of hydrogen-bond acceptors (Lipinski definition) is 8. The van der Waals surface area contributed by atoms with Gasteiger partial charge in [0.2, 0.25) is 11.8 Å². The summed E-state index contributed by atoms with van der Waals surface area (Å²) >= 11 is 0. The highest BCUT2D eigenvalue weighted by atomic mass is 16.5. The van der Waals surface area contributed by atoms with E-state index in [2.05, 4.69) is 37.2 Å². The van der Waals surface area contributed by atoms with Crippen LogP contribution in [-0.4, -0.2) is 54.5 Å². The van der Waals surface area contributed by atoms with Gasteiger partial charge in [0.1, 0.15) is 5.75 Å². The average molecular weight is 430 g/mol. The Morgan fingerprint density at radius 2 is 2.06 bits per heavy atom. The maximum atomic E-state index is 6.19. The third-order valence-electron chi connectivity index (χ3n) is 6.00. The largest absolute Gasteiger partial charge is 0.496 e. The van der Waals surface area contributed by atoms with E-state index >= 15 is 0 Å². The molecule has 32 heavy (non-hydrogen) atoms. The summed E-state index contributed by atoms with van der Waals surface area (Å²) in [6, 6.07) is 9.87. The Hall–Kier alpha value is -3.92. The van der Waals surface area contributed by atoms with Crippen LogP contribution in [-0.2, 0) is 19.5 Å². The fourth-order valence-corrected chi connectivity index (χ4v) is 4.35. The molecule has 10 nitrogen and oxygen atoms in total. The molecule has 5 aromatic rings. The van der Waals surface area contributed by atoms with Crippen LogP contribution in [0.2, 0.25) is 0 Å². The zero-order valence-corrected chi connectivity index (χ0v) is 17.6. The van der Waals surface area contributed by atoms with Crippen LogP contribution in [0.3, 0.4) is 0 Å².